The fourth-order valence-corrected chi connectivity index (χ4v) is 2.22. The number of carbonyl (C=O) groups is 2. The summed E-state index contributed by atoms with van der Waals surface area (Å²) >= 11 is 0. The molecule has 6 nitrogen and oxygen atoms in total. The standard InChI is InChI=1S/C16H19N3O3/c1-10-5-7-13(8-6-10)17-14(20)9-19-12(3)15(11(2)18-19)16(21)22-4/h5-8H,9H2,1-4H3,(H,17,20). The molecule has 1 aromatic heterocycles. The molecule has 0 atom stereocenters. The highest BCUT2D eigenvalue weighted by Gasteiger charge is 2.20. The Morgan fingerprint density at radius 1 is 1.18 bits per heavy atom. The molecule has 0 aliphatic rings. The van der Waals surface area contributed by atoms with E-state index in [0.29, 0.717) is 17.0 Å². The van der Waals surface area contributed by atoms with E-state index in [1.807, 2.05) is 31.2 Å². The Morgan fingerprint density at radius 3 is 2.41 bits per heavy atom. The number of amides is 1. The van der Waals surface area contributed by atoms with Crippen molar-refractivity contribution < 1.29 is 14.3 Å². The minimum Gasteiger partial charge on any atom is -0.465 e. The minimum atomic E-state index is -0.444. The molecule has 22 heavy (non-hydrogen) atoms. The Labute approximate surface area is 129 Å². The SMILES string of the molecule is COC(=O)c1c(C)nn(CC(=O)Nc2ccc(C)cc2)c1C. The fraction of sp³-hybridized carbons (Fsp3) is 0.312. The molecule has 1 N–H and O–H groups in total. The normalized spacial score (nSPS) is 10.4. The number of rotatable bonds is 4. The molecule has 0 saturated carbocycles. The Hall–Kier alpha value is -2.63. The van der Waals surface area contributed by atoms with Crippen molar-refractivity contribution in [2.45, 2.75) is 27.3 Å². The zero-order valence-electron chi connectivity index (χ0n) is 13.1. The third-order valence-corrected chi connectivity index (χ3v) is 3.40. The van der Waals surface area contributed by atoms with Gasteiger partial charge in [-0.2, -0.15) is 5.10 Å². The van der Waals surface area contributed by atoms with Gasteiger partial charge in [0, 0.05) is 5.69 Å². The number of aromatic nitrogens is 2. The van der Waals surface area contributed by atoms with Crippen LogP contribution in [0.25, 0.3) is 0 Å². The van der Waals surface area contributed by atoms with Crippen LogP contribution in [0.15, 0.2) is 24.3 Å². The molecule has 1 aromatic carbocycles. The number of anilines is 1. The maximum absolute atomic E-state index is 12.1. The molecule has 0 aliphatic heterocycles. The lowest BCUT2D eigenvalue weighted by Crippen LogP contribution is -2.20. The van der Waals surface area contributed by atoms with Gasteiger partial charge in [-0.1, -0.05) is 17.7 Å². The van der Waals surface area contributed by atoms with E-state index in [0.717, 1.165) is 11.3 Å². The summed E-state index contributed by atoms with van der Waals surface area (Å²) in [5.74, 6) is -0.647. The largest absolute Gasteiger partial charge is 0.465 e. The molecule has 0 spiro atoms. The summed E-state index contributed by atoms with van der Waals surface area (Å²) in [5.41, 5.74) is 3.42. The zero-order chi connectivity index (χ0) is 16.3. The monoisotopic (exact) mass is 301 g/mol. The van der Waals surface area contributed by atoms with Crippen molar-refractivity contribution in [3.8, 4) is 0 Å². The van der Waals surface area contributed by atoms with E-state index in [-0.39, 0.29) is 12.5 Å². The van der Waals surface area contributed by atoms with Gasteiger partial charge in [-0.3, -0.25) is 9.48 Å². The molecule has 0 saturated heterocycles. The lowest BCUT2D eigenvalue weighted by molar-refractivity contribution is -0.116. The summed E-state index contributed by atoms with van der Waals surface area (Å²) in [6.45, 7) is 5.48. The molecule has 0 aliphatic carbocycles. The third-order valence-electron chi connectivity index (χ3n) is 3.40. The third kappa shape index (κ3) is 3.33. The van der Waals surface area contributed by atoms with Crippen molar-refractivity contribution in [2.24, 2.45) is 0 Å². The van der Waals surface area contributed by atoms with Crippen LogP contribution in [0.3, 0.4) is 0 Å². The summed E-state index contributed by atoms with van der Waals surface area (Å²) in [6, 6.07) is 7.53. The summed E-state index contributed by atoms with van der Waals surface area (Å²) in [5, 5.41) is 7.03. The number of methoxy groups -OCH3 is 1. The molecule has 2 aromatic rings. The Kier molecular flexibility index (Phi) is 4.60. The zero-order valence-corrected chi connectivity index (χ0v) is 13.1. The van der Waals surface area contributed by atoms with Crippen LogP contribution >= 0.6 is 0 Å². The predicted molar refractivity (Wildman–Crippen MR) is 82.8 cm³/mol. The average Bonchev–Trinajstić information content (AvgIpc) is 2.75. The molecule has 1 heterocycles. The lowest BCUT2D eigenvalue weighted by Gasteiger charge is -2.07. The van der Waals surface area contributed by atoms with Crippen LogP contribution in [-0.4, -0.2) is 28.8 Å². The van der Waals surface area contributed by atoms with E-state index in [9.17, 15) is 9.59 Å². The second kappa shape index (κ2) is 6.43. The molecule has 2 rings (SSSR count). The van der Waals surface area contributed by atoms with Crippen LogP contribution in [0.2, 0.25) is 0 Å². The number of nitrogens with zero attached hydrogens (tertiary/aromatic N) is 2. The van der Waals surface area contributed by atoms with E-state index >= 15 is 0 Å². The minimum absolute atomic E-state index is 0.0392. The number of benzene rings is 1. The van der Waals surface area contributed by atoms with E-state index < -0.39 is 5.97 Å². The topological polar surface area (TPSA) is 73.2 Å². The van der Waals surface area contributed by atoms with Gasteiger partial charge in [0.1, 0.15) is 12.1 Å². The molecular formula is C16H19N3O3. The maximum atomic E-state index is 12.1. The molecule has 0 fully saturated rings. The number of aryl methyl sites for hydroxylation is 2. The van der Waals surface area contributed by atoms with Gasteiger partial charge in [-0.15, -0.1) is 0 Å². The average molecular weight is 301 g/mol. The van der Waals surface area contributed by atoms with Crippen molar-refractivity contribution >= 4 is 17.6 Å². The van der Waals surface area contributed by atoms with Gasteiger partial charge in [0.15, 0.2) is 0 Å². The first-order valence-corrected chi connectivity index (χ1v) is 6.91. The van der Waals surface area contributed by atoms with Crippen molar-refractivity contribution in [3.05, 3.63) is 46.8 Å². The van der Waals surface area contributed by atoms with Gasteiger partial charge in [0.2, 0.25) is 5.91 Å². The van der Waals surface area contributed by atoms with E-state index in [1.165, 1.54) is 11.8 Å². The number of carbonyl (C=O) groups excluding carboxylic acids is 2. The molecule has 0 radical (unpaired) electrons. The summed E-state index contributed by atoms with van der Waals surface area (Å²) in [7, 11) is 1.32. The van der Waals surface area contributed by atoms with Gasteiger partial charge >= 0.3 is 5.97 Å². The van der Waals surface area contributed by atoms with Gasteiger partial charge in [0.05, 0.1) is 18.5 Å². The second-order valence-electron chi connectivity index (χ2n) is 5.11. The fourth-order valence-electron chi connectivity index (χ4n) is 2.22. The summed E-state index contributed by atoms with van der Waals surface area (Å²) < 4.78 is 6.24. The summed E-state index contributed by atoms with van der Waals surface area (Å²) in [4.78, 5) is 23.8. The number of hydrogen-bond donors (Lipinski definition) is 1. The molecular weight excluding hydrogens is 282 g/mol. The van der Waals surface area contributed by atoms with Crippen molar-refractivity contribution in [3.63, 3.8) is 0 Å². The molecule has 0 bridgehead atoms. The van der Waals surface area contributed by atoms with E-state index in [4.69, 9.17) is 4.74 Å². The van der Waals surface area contributed by atoms with Crippen LogP contribution in [0.1, 0.15) is 27.3 Å². The van der Waals surface area contributed by atoms with Crippen LogP contribution in [0.5, 0.6) is 0 Å². The highest BCUT2D eigenvalue weighted by molar-refractivity contribution is 5.93. The number of nitrogens with one attached hydrogen (secondary N) is 1. The maximum Gasteiger partial charge on any atom is 0.341 e. The first-order valence-electron chi connectivity index (χ1n) is 6.91. The summed E-state index contributed by atoms with van der Waals surface area (Å²) in [6.07, 6.45) is 0. The van der Waals surface area contributed by atoms with Gasteiger partial charge in [0.25, 0.3) is 0 Å². The van der Waals surface area contributed by atoms with E-state index in [1.54, 1.807) is 13.8 Å². The van der Waals surface area contributed by atoms with Crippen LogP contribution in [0, 0.1) is 20.8 Å². The van der Waals surface area contributed by atoms with Gasteiger partial charge in [-0.25, -0.2) is 4.79 Å². The number of ether oxygens (including phenoxy) is 1. The molecule has 1 amide bonds. The van der Waals surface area contributed by atoms with Crippen LogP contribution in [-0.2, 0) is 16.1 Å². The van der Waals surface area contributed by atoms with Gasteiger partial charge in [-0.05, 0) is 32.9 Å². The van der Waals surface area contributed by atoms with Gasteiger partial charge < -0.3 is 10.1 Å². The lowest BCUT2D eigenvalue weighted by atomic mass is 10.2. The van der Waals surface area contributed by atoms with Crippen molar-refractivity contribution in [1.82, 2.24) is 9.78 Å². The highest BCUT2D eigenvalue weighted by atomic mass is 16.5. The highest BCUT2D eigenvalue weighted by Crippen LogP contribution is 2.14. The van der Waals surface area contributed by atoms with Crippen LogP contribution < -0.4 is 5.32 Å². The smallest absolute Gasteiger partial charge is 0.341 e. The number of hydrogen-bond acceptors (Lipinski definition) is 4. The predicted octanol–water partition coefficient (Wildman–Crippen LogP) is 2.23. The Morgan fingerprint density at radius 2 is 1.82 bits per heavy atom. The first-order chi connectivity index (χ1) is 10.4. The second-order valence-corrected chi connectivity index (χ2v) is 5.11. The Balaban J connectivity index is 2.12. The first kappa shape index (κ1) is 15.8. The molecule has 116 valence electrons. The van der Waals surface area contributed by atoms with Crippen molar-refractivity contribution in [1.29, 1.82) is 0 Å². The van der Waals surface area contributed by atoms with Crippen LogP contribution in [0.4, 0.5) is 5.69 Å². The van der Waals surface area contributed by atoms with Crippen molar-refractivity contribution in [2.75, 3.05) is 12.4 Å². The molecule has 6 heteroatoms. The van der Waals surface area contributed by atoms with E-state index in [2.05, 4.69) is 10.4 Å². The number of esters is 1. The Bertz CT molecular complexity index is 702. The molecule has 0 unspecified atom stereocenters. The quantitative estimate of drug-likeness (QED) is 0.879.